The van der Waals surface area contributed by atoms with Gasteiger partial charge in [0.2, 0.25) is 0 Å². The molecule has 1 atom stereocenters. The van der Waals surface area contributed by atoms with E-state index in [4.69, 9.17) is 28.9 Å². The van der Waals surface area contributed by atoms with Crippen LogP contribution in [0.25, 0.3) is 0 Å². The van der Waals surface area contributed by atoms with Crippen molar-refractivity contribution in [2.45, 2.75) is 19.4 Å². The highest BCUT2D eigenvalue weighted by Gasteiger charge is 2.09. The van der Waals surface area contributed by atoms with Crippen molar-refractivity contribution in [2.24, 2.45) is 10.7 Å². The molecule has 1 unspecified atom stereocenters. The van der Waals surface area contributed by atoms with Crippen molar-refractivity contribution < 1.29 is 0 Å². The molecule has 0 spiro atoms. The molecule has 0 saturated carbocycles. The Hall–Kier alpha value is -1.75. The van der Waals surface area contributed by atoms with E-state index < -0.39 is 0 Å². The van der Waals surface area contributed by atoms with Crippen LogP contribution in [0.15, 0.2) is 53.5 Å². The summed E-state index contributed by atoms with van der Waals surface area (Å²) in [5.74, 6) is 0.722. The smallest absolute Gasteiger partial charge is 0.196 e. The van der Waals surface area contributed by atoms with Crippen LogP contribution in [0.2, 0.25) is 10.0 Å². The summed E-state index contributed by atoms with van der Waals surface area (Å²) >= 11 is 12.0. The molecular weight excluding hydrogens is 343 g/mol. The SMILES string of the molecule is CC(N)Cc1ccccc1.Clc1cccc(Cl)c1NC1=NCCN1. The van der Waals surface area contributed by atoms with E-state index in [1.165, 1.54) is 5.56 Å². The maximum Gasteiger partial charge on any atom is 0.196 e. The number of nitrogens with two attached hydrogens (primary N) is 1. The molecule has 4 nitrogen and oxygen atoms in total. The average molecular weight is 365 g/mol. The number of nitrogens with one attached hydrogen (secondary N) is 2. The van der Waals surface area contributed by atoms with Crippen LogP contribution in [0.5, 0.6) is 0 Å². The second-order valence-electron chi connectivity index (χ2n) is 5.55. The molecule has 1 heterocycles. The fourth-order valence-electron chi connectivity index (χ4n) is 2.20. The first-order chi connectivity index (χ1) is 11.6. The van der Waals surface area contributed by atoms with E-state index in [9.17, 15) is 0 Å². The molecule has 128 valence electrons. The van der Waals surface area contributed by atoms with Crippen LogP contribution in [-0.2, 0) is 6.42 Å². The van der Waals surface area contributed by atoms with Crippen LogP contribution >= 0.6 is 23.2 Å². The van der Waals surface area contributed by atoms with E-state index in [0.29, 0.717) is 15.7 Å². The second kappa shape index (κ2) is 9.52. The summed E-state index contributed by atoms with van der Waals surface area (Å²) in [5.41, 5.74) is 7.64. The van der Waals surface area contributed by atoms with E-state index in [2.05, 4.69) is 27.8 Å². The Labute approximate surface area is 153 Å². The molecule has 2 aromatic rings. The number of hydrogen-bond donors (Lipinski definition) is 3. The number of halogens is 2. The van der Waals surface area contributed by atoms with Gasteiger partial charge in [-0.1, -0.05) is 59.6 Å². The standard InChI is InChI=1S/C9H9Cl2N3.C9H13N/c10-6-2-1-3-7(11)8(6)14-9-12-4-5-13-9;1-8(10)7-9-5-3-2-4-6-9/h1-3H,4-5H2,(H2,12,13,14);2-6,8H,7,10H2,1H3. The van der Waals surface area contributed by atoms with Crippen LogP contribution < -0.4 is 16.4 Å². The molecule has 2 aromatic carbocycles. The van der Waals surface area contributed by atoms with Gasteiger partial charge in [0, 0.05) is 12.6 Å². The van der Waals surface area contributed by atoms with Crippen molar-refractivity contribution in [3.63, 3.8) is 0 Å². The maximum absolute atomic E-state index is 5.98. The zero-order valence-corrected chi connectivity index (χ0v) is 15.1. The Kier molecular flexibility index (Phi) is 7.37. The van der Waals surface area contributed by atoms with Crippen LogP contribution in [-0.4, -0.2) is 25.1 Å². The number of rotatable bonds is 3. The lowest BCUT2D eigenvalue weighted by Gasteiger charge is -2.09. The zero-order chi connectivity index (χ0) is 17.4. The maximum atomic E-state index is 5.98. The quantitative estimate of drug-likeness (QED) is 0.772. The molecule has 3 rings (SSSR count). The van der Waals surface area contributed by atoms with E-state index in [1.54, 1.807) is 18.2 Å². The van der Waals surface area contributed by atoms with E-state index >= 15 is 0 Å². The van der Waals surface area contributed by atoms with Crippen molar-refractivity contribution in [1.82, 2.24) is 5.32 Å². The fraction of sp³-hybridized carbons (Fsp3) is 0.278. The Morgan fingerprint density at radius 2 is 1.79 bits per heavy atom. The second-order valence-corrected chi connectivity index (χ2v) is 6.36. The summed E-state index contributed by atoms with van der Waals surface area (Å²) in [6.07, 6.45) is 0.973. The molecule has 1 aliphatic rings. The van der Waals surface area contributed by atoms with Crippen LogP contribution in [0.1, 0.15) is 12.5 Å². The summed E-state index contributed by atoms with van der Waals surface area (Å²) in [6.45, 7) is 3.65. The molecule has 0 bridgehead atoms. The molecule has 6 heteroatoms. The summed E-state index contributed by atoms with van der Waals surface area (Å²) in [7, 11) is 0. The van der Waals surface area contributed by atoms with Gasteiger partial charge >= 0.3 is 0 Å². The largest absolute Gasteiger partial charge is 0.354 e. The highest BCUT2D eigenvalue weighted by Crippen LogP contribution is 2.29. The number of benzene rings is 2. The molecule has 0 saturated heterocycles. The van der Waals surface area contributed by atoms with Gasteiger partial charge < -0.3 is 16.4 Å². The van der Waals surface area contributed by atoms with Gasteiger partial charge in [-0.2, -0.15) is 0 Å². The predicted octanol–water partition coefficient (Wildman–Crippen LogP) is 3.94. The van der Waals surface area contributed by atoms with E-state index in [-0.39, 0.29) is 6.04 Å². The first-order valence-electron chi connectivity index (χ1n) is 7.85. The summed E-state index contributed by atoms with van der Waals surface area (Å²) in [5, 5.41) is 7.32. The molecule has 4 N–H and O–H groups in total. The van der Waals surface area contributed by atoms with Gasteiger partial charge in [0.25, 0.3) is 0 Å². The van der Waals surface area contributed by atoms with Crippen molar-refractivity contribution in [3.05, 3.63) is 64.1 Å². The predicted molar refractivity (Wildman–Crippen MR) is 104 cm³/mol. The van der Waals surface area contributed by atoms with E-state index in [1.807, 2.05) is 25.1 Å². The lowest BCUT2D eigenvalue weighted by Crippen LogP contribution is -2.26. The molecular formula is C18H22Cl2N4. The minimum atomic E-state index is 0.266. The molecule has 0 aliphatic carbocycles. The van der Waals surface area contributed by atoms with Crippen molar-refractivity contribution in [1.29, 1.82) is 0 Å². The average Bonchev–Trinajstić information content (AvgIpc) is 3.05. The Balaban J connectivity index is 0.000000185. The number of nitrogens with zero attached hydrogens (tertiary/aromatic N) is 1. The van der Waals surface area contributed by atoms with Crippen molar-refractivity contribution in [3.8, 4) is 0 Å². The zero-order valence-electron chi connectivity index (χ0n) is 13.6. The molecule has 0 aromatic heterocycles. The first kappa shape index (κ1) is 18.6. The highest BCUT2D eigenvalue weighted by atomic mass is 35.5. The topological polar surface area (TPSA) is 62.4 Å². The van der Waals surface area contributed by atoms with Gasteiger partial charge in [-0.25, -0.2) is 0 Å². The summed E-state index contributed by atoms with van der Waals surface area (Å²) < 4.78 is 0. The van der Waals surface area contributed by atoms with Gasteiger partial charge in [0.15, 0.2) is 5.96 Å². The van der Waals surface area contributed by atoms with Crippen molar-refractivity contribution >= 4 is 34.8 Å². The van der Waals surface area contributed by atoms with Gasteiger partial charge in [0.1, 0.15) is 0 Å². The van der Waals surface area contributed by atoms with Crippen molar-refractivity contribution in [2.75, 3.05) is 18.4 Å². The monoisotopic (exact) mass is 364 g/mol. The number of para-hydroxylation sites is 1. The third-order valence-electron chi connectivity index (χ3n) is 3.28. The normalized spacial score (nSPS) is 14.1. The fourth-order valence-corrected chi connectivity index (χ4v) is 2.70. The Bertz CT molecular complexity index is 652. The first-order valence-corrected chi connectivity index (χ1v) is 8.60. The summed E-state index contributed by atoms with van der Waals surface area (Å²) in [4.78, 5) is 4.19. The van der Waals surface area contributed by atoms with Gasteiger partial charge in [-0.05, 0) is 31.0 Å². The third kappa shape index (κ3) is 6.04. The van der Waals surface area contributed by atoms with Crippen LogP contribution in [0.3, 0.4) is 0 Å². The Morgan fingerprint density at radius 3 is 2.33 bits per heavy atom. The van der Waals surface area contributed by atoms with E-state index in [0.717, 1.165) is 25.5 Å². The molecule has 0 fully saturated rings. The molecule has 0 radical (unpaired) electrons. The minimum Gasteiger partial charge on any atom is -0.354 e. The minimum absolute atomic E-state index is 0.266. The number of anilines is 1. The van der Waals surface area contributed by atoms with Gasteiger partial charge in [-0.3, -0.25) is 4.99 Å². The summed E-state index contributed by atoms with van der Waals surface area (Å²) in [6, 6.07) is 15.9. The van der Waals surface area contributed by atoms with Gasteiger partial charge in [-0.15, -0.1) is 0 Å². The number of guanidine groups is 1. The number of aliphatic imine (C=N–C) groups is 1. The molecule has 24 heavy (non-hydrogen) atoms. The van der Waals surface area contributed by atoms with Crippen LogP contribution in [0, 0.1) is 0 Å². The van der Waals surface area contributed by atoms with Gasteiger partial charge in [0.05, 0.1) is 22.3 Å². The Morgan fingerprint density at radius 1 is 1.12 bits per heavy atom. The lowest BCUT2D eigenvalue weighted by molar-refractivity contribution is 0.738. The third-order valence-corrected chi connectivity index (χ3v) is 3.91. The highest BCUT2D eigenvalue weighted by molar-refractivity contribution is 6.39. The lowest BCUT2D eigenvalue weighted by atomic mass is 10.1. The van der Waals surface area contributed by atoms with Crippen LogP contribution in [0.4, 0.5) is 5.69 Å². The molecule has 0 amide bonds. The number of hydrogen-bond acceptors (Lipinski definition) is 4. The molecule has 1 aliphatic heterocycles.